The normalized spacial score (nSPS) is 30.2. The summed E-state index contributed by atoms with van der Waals surface area (Å²) in [5.41, 5.74) is 1.34. The molecule has 4 heteroatoms. The second kappa shape index (κ2) is 5.21. The van der Waals surface area contributed by atoms with Crippen molar-refractivity contribution < 1.29 is 9.90 Å². The Balaban J connectivity index is 1.60. The van der Waals surface area contributed by atoms with Crippen LogP contribution >= 0.6 is 0 Å². The van der Waals surface area contributed by atoms with Crippen molar-refractivity contribution >= 4 is 6.09 Å². The average Bonchev–Trinajstić information content (AvgIpc) is 2.92. The van der Waals surface area contributed by atoms with Gasteiger partial charge in [0.2, 0.25) is 0 Å². The smallest absolute Gasteiger partial charge is 0.404 e. The van der Waals surface area contributed by atoms with Crippen LogP contribution in [0.25, 0.3) is 0 Å². The number of amides is 1. The number of rotatable bonds is 3. The molecule has 19 heavy (non-hydrogen) atoms. The predicted octanol–water partition coefficient (Wildman–Crippen LogP) is 2.16. The Hall–Kier alpha value is -1.55. The van der Waals surface area contributed by atoms with Gasteiger partial charge in [-0.05, 0) is 30.2 Å². The molecule has 0 radical (unpaired) electrons. The molecule has 102 valence electrons. The quantitative estimate of drug-likeness (QED) is 0.875. The van der Waals surface area contributed by atoms with Crippen molar-refractivity contribution in [2.45, 2.75) is 25.4 Å². The van der Waals surface area contributed by atoms with Gasteiger partial charge in [0.1, 0.15) is 0 Å². The molecule has 0 aromatic heterocycles. The molecule has 1 aliphatic heterocycles. The Bertz CT molecular complexity index is 449. The van der Waals surface area contributed by atoms with Gasteiger partial charge in [-0.2, -0.15) is 0 Å². The standard InChI is InChI=1S/C15H20N2O2/c18-15(19)16-14-7-6-12-9-17(10-13(12)14)8-11-4-2-1-3-5-11/h1-5,12-14,16H,6-10H2,(H,18,19)/t12-,13+,14+/m1/s1. The molecule has 0 unspecified atom stereocenters. The van der Waals surface area contributed by atoms with Crippen molar-refractivity contribution in [2.24, 2.45) is 11.8 Å². The largest absolute Gasteiger partial charge is 0.465 e. The number of benzene rings is 1. The molecule has 1 aromatic rings. The maximum Gasteiger partial charge on any atom is 0.404 e. The topological polar surface area (TPSA) is 52.6 Å². The van der Waals surface area contributed by atoms with Crippen LogP contribution in [0.5, 0.6) is 0 Å². The lowest BCUT2D eigenvalue weighted by atomic mass is 9.98. The summed E-state index contributed by atoms with van der Waals surface area (Å²) in [5.74, 6) is 1.17. The van der Waals surface area contributed by atoms with Crippen LogP contribution in [0.3, 0.4) is 0 Å². The third kappa shape index (κ3) is 2.73. The third-order valence-corrected chi connectivity index (χ3v) is 4.49. The van der Waals surface area contributed by atoms with Crippen LogP contribution in [0.2, 0.25) is 0 Å². The first kappa shape index (κ1) is 12.5. The molecule has 1 heterocycles. The van der Waals surface area contributed by atoms with Crippen LogP contribution in [0.4, 0.5) is 4.79 Å². The fraction of sp³-hybridized carbons (Fsp3) is 0.533. The van der Waals surface area contributed by atoms with Gasteiger partial charge in [-0.3, -0.25) is 4.90 Å². The van der Waals surface area contributed by atoms with Crippen molar-refractivity contribution in [3.05, 3.63) is 35.9 Å². The summed E-state index contributed by atoms with van der Waals surface area (Å²) >= 11 is 0. The minimum Gasteiger partial charge on any atom is -0.465 e. The van der Waals surface area contributed by atoms with E-state index in [-0.39, 0.29) is 6.04 Å². The van der Waals surface area contributed by atoms with Gasteiger partial charge < -0.3 is 10.4 Å². The van der Waals surface area contributed by atoms with Crippen molar-refractivity contribution in [1.29, 1.82) is 0 Å². The van der Waals surface area contributed by atoms with Gasteiger partial charge >= 0.3 is 6.09 Å². The summed E-state index contributed by atoms with van der Waals surface area (Å²) in [7, 11) is 0. The van der Waals surface area contributed by atoms with E-state index in [1.54, 1.807) is 0 Å². The molecule has 1 aromatic carbocycles. The Morgan fingerprint density at radius 3 is 2.79 bits per heavy atom. The lowest BCUT2D eigenvalue weighted by Gasteiger charge is -2.20. The summed E-state index contributed by atoms with van der Waals surface area (Å²) in [5, 5.41) is 11.6. The van der Waals surface area contributed by atoms with Gasteiger partial charge in [0.25, 0.3) is 0 Å². The SMILES string of the molecule is O=C(O)N[C@H]1CC[C@@H]2CN(Cc3ccccc3)C[C@@H]21. The molecular weight excluding hydrogens is 240 g/mol. The number of fused-ring (bicyclic) bond motifs is 1. The Morgan fingerprint density at radius 2 is 2.05 bits per heavy atom. The Labute approximate surface area is 113 Å². The van der Waals surface area contributed by atoms with Crippen molar-refractivity contribution in [3.63, 3.8) is 0 Å². The number of hydrogen-bond donors (Lipinski definition) is 2. The second-order valence-electron chi connectivity index (χ2n) is 5.74. The average molecular weight is 260 g/mol. The molecule has 1 aliphatic carbocycles. The number of nitrogens with one attached hydrogen (secondary N) is 1. The zero-order chi connectivity index (χ0) is 13.2. The van der Waals surface area contributed by atoms with Gasteiger partial charge in [-0.15, -0.1) is 0 Å². The summed E-state index contributed by atoms with van der Waals surface area (Å²) < 4.78 is 0. The Kier molecular flexibility index (Phi) is 3.42. The van der Waals surface area contributed by atoms with Crippen LogP contribution in [0, 0.1) is 11.8 Å². The van der Waals surface area contributed by atoms with Gasteiger partial charge in [-0.25, -0.2) is 4.79 Å². The lowest BCUT2D eigenvalue weighted by Crippen LogP contribution is -2.38. The molecule has 3 atom stereocenters. The maximum absolute atomic E-state index is 10.8. The molecule has 2 N–H and O–H groups in total. The fourth-order valence-corrected chi connectivity index (χ4v) is 3.67. The third-order valence-electron chi connectivity index (χ3n) is 4.49. The molecule has 2 aliphatic rings. The highest BCUT2D eigenvalue weighted by Gasteiger charge is 2.42. The predicted molar refractivity (Wildman–Crippen MR) is 72.9 cm³/mol. The molecule has 1 saturated carbocycles. The van der Waals surface area contributed by atoms with Gasteiger partial charge in [0.15, 0.2) is 0 Å². The van der Waals surface area contributed by atoms with E-state index < -0.39 is 6.09 Å². The van der Waals surface area contributed by atoms with E-state index in [1.165, 1.54) is 5.56 Å². The van der Waals surface area contributed by atoms with Crippen molar-refractivity contribution in [3.8, 4) is 0 Å². The van der Waals surface area contributed by atoms with Crippen LogP contribution in [-0.4, -0.2) is 35.2 Å². The lowest BCUT2D eigenvalue weighted by molar-refractivity contribution is 0.185. The van der Waals surface area contributed by atoms with E-state index in [0.717, 1.165) is 32.5 Å². The number of carboxylic acid groups (broad SMARTS) is 1. The second-order valence-corrected chi connectivity index (χ2v) is 5.74. The van der Waals surface area contributed by atoms with E-state index in [4.69, 9.17) is 5.11 Å². The highest BCUT2D eigenvalue weighted by atomic mass is 16.4. The van der Waals surface area contributed by atoms with E-state index >= 15 is 0 Å². The highest BCUT2D eigenvalue weighted by molar-refractivity contribution is 5.65. The first-order chi connectivity index (χ1) is 9.22. The molecular formula is C15H20N2O2. The van der Waals surface area contributed by atoms with Crippen LogP contribution < -0.4 is 5.32 Å². The van der Waals surface area contributed by atoms with Gasteiger partial charge in [0, 0.05) is 25.7 Å². The molecule has 2 fully saturated rings. The van der Waals surface area contributed by atoms with Crippen molar-refractivity contribution in [1.82, 2.24) is 10.2 Å². The molecule has 1 saturated heterocycles. The first-order valence-corrected chi connectivity index (χ1v) is 6.98. The summed E-state index contributed by atoms with van der Waals surface area (Å²) in [4.78, 5) is 13.3. The van der Waals surface area contributed by atoms with Crippen molar-refractivity contribution in [2.75, 3.05) is 13.1 Å². The van der Waals surface area contributed by atoms with Gasteiger partial charge in [0.05, 0.1) is 0 Å². The number of nitrogens with zero attached hydrogens (tertiary/aromatic N) is 1. The highest BCUT2D eigenvalue weighted by Crippen LogP contribution is 2.38. The molecule has 1 amide bonds. The minimum atomic E-state index is -0.882. The fourth-order valence-electron chi connectivity index (χ4n) is 3.67. The molecule has 4 nitrogen and oxygen atoms in total. The summed E-state index contributed by atoms with van der Waals surface area (Å²) in [6.45, 7) is 3.11. The maximum atomic E-state index is 10.8. The molecule has 0 bridgehead atoms. The van der Waals surface area contributed by atoms with Crippen LogP contribution in [0.15, 0.2) is 30.3 Å². The van der Waals surface area contributed by atoms with E-state index in [1.807, 2.05) is 6.07 Å². The zero-order valence-electron chi connectivity index (χ0n) is 11.0. The minimum absolute atomic E-state index is 0.156. The summed E-state index contributed by atoms with van der Waals surface area (Å²) in [6.07, 6.45) is 1.27. The van der Waals surface area contributed by atoms with E-state index in [9.17, 15) is 4.79 Å². The number of hydrogen-bond acceptors (Lipinski definition) is 2. The summed E-state index contributed by atoms with van der Waals surface area (Å²) in [6, 6.07) is 10.6. The van der Waals surface area contributed by atoms with Crippen LogP contribution in [-0.2, 0) is 6.54 Å². The van der Waals surface area contributed by atoms with Gasteiger partial charge in [-0.1, -0.05) is 30.3 Å². The Morgan fingerprint density at radius 1 is 1.26 bits per heavy atom. The van der Waals surface area contributed by atoms with E-state index in [0.29, 0.717) is 11.8 Å². The number of likely N-dealkylation sites (tertiary alicyclic amines) is 1. The van der Waals surface area contributed by atoms with Crippen LogP contribution in [0.1, 0.15) is 18.4 Å². The zero-order valence-corrected chi connectivity index (χ0v) is 11.0. The number of carbonyl (C=O) groups is 1. The monoisotopic (exact) mass is 260 g/mol. The first-order valence-electron chi connectivity index (χ1n) is 6.98. The van der Waals surface area contributed by atoms with E-state index in [2.05, 4.69) is 34.5 Å². The molecule has 0 spiro atoms. The molecule has 3 rings (SSSR count).